The monoisotopic (exact) mass is 671 g/mol. The van der Waals surface area contributed by atoms with Crippen molar-refractivity contribution in [3.05, 3.63) is 112 Å². The van der Waals surface area contributed by atoms with Gasteiger partial charge in [-0.15, -0.1) is 11.3 Å². The summed E-state index contributed by atoms with van der Waals surface area (Å²) in [6, 6.07) is 24.0. The third kappa shape index (κ3) is 6.50. The molecule has 6 rings (SSSR count). The lowest BCUT2D eigenvalue weighted by Crippen LogP contribution is -2.49. The quantitative estimate of drug-likeness (QED) is 0.153. The van der Waals surface area contributed by atoms with Crippen LogP contribution < -0.4 is 9.21 Å². The highest BCUT2D eigenvalue weighted by Crippen LogP contribution is 2.36. The van der Waals surface area contributed by atoms with E-state index in [4.69, 9.17) is 9.15 Å². The van der Waals surface area contributed by atoms with Crippen LogP contribution >= 0.6 is 11.3 Å². The highest BCUT2D eigenvalue weighted by Gasteiger charge is 2.31. The van der Waals surface area contributed by atoms with Gasteiger partial charge in [0.2, 0.25) is 5.76 Å². The molecule has 11 heteroatoms. The van der Waals surface area contributed by atoms with Crippen molar-refractivity contribution >= 4 is 55.6 Å². The Morgan fingerprint density at radius 3 is 2.36 bits per heavy atom. The van der Waals surface area contributed by atoms with E-state index >= 15 is 0 Å². The van der Waals surface area contributed by atoms with Crippen LogP contribution in [0.4, 0.5) is 11.4 Å². The van der Waals surface area contributed by atoms with Crippen molar-refractivity contribution in [3.63, 3.8) is 0 Å². The van der Waals surface area contributed by atoms with Gasteiger partial charge in [-0.3, -0.25) is 9.10 Å². The molecule has 0 aliphatic carbocycles. The molecule has 0 unspecified atom stereocenters. The van der Waals surface area contributed by atoms with Crippen LogP contribution in [0.25, 0.3) is 11.0 Å². The molecule has 5 aromatic rings. The zero-order valence-corrected chi connectivity index (χ0v) is 28.3. The van der Waals surface area contributed by atoms with Crippen molar-refractivity contribution in [2.45, 2.75) is 32.1 Å². The Morgan fingerprint density at radius 2 is 1.66 bits per heavy atom. The number of aryl methyl sites for hydroxylation is 2. The van der Waals surface area contributed by atoms with Crippen LogP contribution in [0.15, 0.2) is 93.6 Å². The molecule has 1 amide bonds. The number of hydrogen-bond acceptors (Lipinski definition) is 8. The molecule has 3 heterocycles. The number of benzene rings is 3. The number of nitrogens with zero attached hydrogens (tertiary/aromatic N) is 3. The van der Waals surface area contributed by atoms with Crippen molar-refractivity contribution in [3.8, 4) is 0 Å². The van der Waals surface area contributed by atoms with Crippen LogP contribution in [0.5, 0.6) is 0 Å². The molecule has 2 aromatic heterocycles. The maximum Gasteiger partial charge on any atom is 0.374 e. The highest BCUT2D eigenvalue weighted by atomic mass is 32.2. The Bertz CT molecular complexity index is 2010. The predicted octanol–water partition coefficient (Wildman–Crippen LogP) is 6.69. The SMILES string of the molecule is CCOC(=O)c1oc2ccc(S(=O)(=O)N(CCc3ccccc3)c3ccccc3N3CCN(C(=O)c4sccc4C)CC3)cc2c1C. The molecular weight excluding hydrogens is 635 g/mol. The lowest BCUT2D eigenvalue weighted by molar-refractivity contribution is 0.0491. The summed E-state index contributed by atoms with van der Waals surface area (Å²) in [4.78, 5) is 30.6. The van der Waals surface area contributed by atoms with E-state index in [1.54, 1.807) is 26.0 Å². The molecule has 9 nitrogen and oxygen atoms in total. The summed E-state index contributed by atoms with van der Waals surface area (Å²) < 4.78 is 41.6. The number of rotatable bonds is 10. The Morgan fingerprint density at radius 1 is 0.936 bits per heavy atom. The molecule has 3 aromatic carbocycles. The number of ether oxygens (including phenoxy) is 1. The van der Waals surface area contributed by atoms with Crippen LogP contribution in [0, 0.1) is 13.8 Å². The average Bonchev–Trinajstić information content (AvgIpc) is 3.67. The van der Waals surface area contributed by atoms with Crippen molar-refractivity contribution in [2.75, 3.05) is 48.5 Å². The lowest BCUT2D eigenvalue weighted by atomic mass is 10.1. The summed E-state index contributed by atoms with van der Waals surface area (Å²) in [5, 5.41) is 2.47. The van der Waals surface area contributed by atoms with E-state index < -0.39 is 16.0 Å². The van der Waals surface area contributed by atoms with Gasteiger partial charge in [0.15, 0.2) is 0 Å². The number of furan rings is 1. The number of amides is 1. The zero-order chi connectivity index (χ0) is 33.1. The van der Waals surface area contributed by atoms with Gasteiger partial charge in [0.1, 0.15) is 5.58 Å². The van der Waals surface area contributed by atoms with E-state index in [1.165, 1.54) is 21.7 Å². The summed E-state index contributed by atoms with van der Waals surface area (Å²) >= 11 is 1.46. The molecule has 1 aliphatic heterocycles. The molecule has 0 radical (unpaired) electrons. The summed E-state index contributed by atoms with van der Waals surface area (Å²) in [7, 11) is -4.09. The standard InChI is InChI=1S/C36H37N3O6S2/c1-4-44-36(41)33-26(3)29-24-28(14-15-32(29)45-33)47(42,43)39(18-16-27-10-6-5-7-11-27)31-13-9-8-12-30(31)37-19-21-38(22-20-37)35(40)34-25(2)17-23-46-34/h5-15,17,23-24H,4,16,18-22H2,1-3H3. The molecule has 0 atom stereocenters. The van der Waals surface area contributed by atoms with Crippen molar-refractivity contribution in [1.82, 2.24) is 4.90 Å². The largest absolute Gasteiger partial charge is 0.460 e. The highest BCUT2D eigenvalue weighted by molar-refractivity contribution is 7.92. The summed E-state index contributed by atoms with van der Waals surface area (Å²) in [5.41, 5.74) is 4.28. The van der Waals surface area contributed by atoms with Crippen molar-refractivity contribution in [1.29, 1.82) is 0 Å². The van der Waals surface area contributed by atoms with Crippen LogP contribution in [-0.4, -0.2) is 64.5 Å². The Hall–Kier alpha value is -4.61. The first-order valence-corrected chi connectivity index (χ1v) is 17.9. The maximum absolute atomic E-state index is 14.6. The normalized spacial score (nSPS) is 13.6. The van der Waals surface area contributed by atoms with Crippen molar-refractivity contribution < 1.29 is 27.2 Å². The van der Waals surface area contributed by atoms with Gasteiger partial charge < -0.3 is 19.0 Å². The molecule has 0 N–H and O–H groups in total. The molecule has 0 saturated carbocycles. The second kappa shape index (κ2) is 13.6. The van der Waals surface area contributed by atoms with Crippen LogP contribution in [0.2, 0.25) is 0 Å². The van der Waals surface area contributed by atoms with E-state index in [9.17, 15) is 18.0 Å². The number of carbonyl (C=O) groups is 2. The zero-order valence-electron chi connectivity index (χ0n) is 26.6. The van der Waals surface area contributed by atoms with E-state index in [-0.39, 0.29) is 29.7 Å². The Balaban J connectivity index is 1.34. The number of para-hydroxylation sites is 2. The van der Waals surface area contributed by atoms with Gasteiger partial charge in [0, 0.05) is 43.7 Å². The van der Waals surface area contributed by atoms with Gasteiger partial charge in [0.25, 0.3) is 15.9 Å². The second-order valence-corrected chi connectivity index (χ2v) is 14.2. The fraction of sp³-hybridized carbons (Fsp3) is 0.278. The molecule has 244 valence electrons. The topological polar surface area (TPSA) is 100 Å². The summed E-state index contributed by atoms with van der Waals surface area (Å²) in [5.74, 6) is -0.487. The molecule has 0 spiro atoms. The average molecular weight is 672 g/mol. The first-order chi connectivity index (χ1) is 22.7. The Labute approximate surface area is 279 Å². The molecule has 1 fully saturated rings. The van der Waals surface area contributed by atoms with E-state index in [0.29, 0.717) is 54.8 Å². The lowest BCUT2D eigenvalue weighted by Gasteiger charge is -2.38. The number of fused-ring (bicyclic) bond motifs is 1. The number of carbonyl (C=O) groups excluding carboxylic acids is 2. The van der Waals surface area contributed by atoms with E-state index in [2.05, 4.69) is 4.90 Å². The fourth-order valence-corrected chi connectivity index (χ4v) is 8.35. The number of sulfonamides is 1. The fourth-order valence-electron chi connectivity index (χ4n) is 5.95. The summed E-state index contributed by atoms with van der Waals surface area (Å²) in [6.45, 7) is 7.98. The molecular formula is C36H37N3O6S2. The van der Waals surface area contributed by atoms with Gasteiger partial charge >= 0.3 is 5.97 Å². The van der Waals surface area contributed by atoms with Gasteiger partial charge in [0.05, 0.1) is 27.8 Å². The molecule has 1 aliphatic rings. The predicted molar refractivity (Wildman–Crippen MR) is 185 cm³/mol. The summed E-state index contributed by atoms with van der Waals surface area (Å²) in [6.07, 6.45) is 0.497. The van der Waals surface area contributed by atoms with Crippen molar-refractivity contribution in [2.24, 2.45) is 0 Å². The first kappa shape index (κ1) is 32.3. The molecule has 1 saturated heterocycles. The number of esters is 1. The van der Waals surface area contributed by atoms with E-state index in [1.807, 2.05) is 77.9 Å². The van der Waals surface area contributed by atoms with Gasteiger partial charge in [-0.05, 0) is 80.1 Å². The third-order valence-corrected chi connectivity index (χ3v) is 11.3. The number of hydrogen-bond donors (Lipinski definition) is 0. The minimum absolute atomic E-state index is 0.0357. The number of anilines is 2. The van der Waals surface area contributed by atoms with Gasteiger partial charge in [-0.25, -0.2) is 13.2 Å². The van der Waals surface area contributed by atoms with Gasteiger partial charge in [-0.1, -0.05) is 42.5 Å². The third-order valence-electron chi connectivity index (χ3n) is 8.52. The molecule has 47 heavy (non-hydrogen) atoms. The second-order valence-electron chi connectivity index (χ2n) is 11.4. The molecule has 0 bridgehead atoms. The number of thiophene rings is 1. The number of piperazine rings is 1. The maximum atomic E-state index is 14.6. The Kier molecular flexibility index (Phi) is 9.38. The van der Waals surface area contributed by atoms with E-state index in [0.717, 1.165) is 21.7 Å². The minimum atomic E-state index is -4.09. The smallest absolute Gasteiger partial charge is 0.374 e. The van der Waals surface area contributed by atoms with Crippen LogP contribution in [-0.2, 0) is 21.2 Å². The van der Waals surface area contributed by atoms with Gasteiger partial charge in [-0.2, -0.15) is 0 Å². The van der Waals surface area contributed by atoms with Crippen LogP contribution in [0.3, 0.4) is 0 Å². The minimum Gasteiger partial charge on any atom is -0.460 e. The van der Waals surface area contributed by atoms with Crippen LogP contribution in [0.1, 0.15) is 43.8 Å². The first-order valence-electron chi connectivity index (χ1n) is 15.6.